The Bertz CT molecular complexity index is 876. The van der Waals surface area contributed by atoms with Crippen LogP contribution in [0, 0.1) is 6.92 Å². The van der Waals surface area contributed by atoms with Crippen molar-refractivity contribution in [3.8, 4) is 0 Å². The Kier molecular flexibility index (Phi) is 4.14. The van der Waals surface area contributed by atoms with Crippen LogP contribution in [0.15, 0.2) is 23.1 Å². The maximum absolute atomic E-state index is 5.45. The summed E-state index contributed by atoms with van der Waals surface area (Å²) in [7, 11) is 1.99. The number of hydrogen-bond acceptors (Lipinski definition) is 9. The minimum atomic E-state index is 0.408. The van der Waals surface area contributed by atoms with Crippen LogP contribution in [0.25, 0.3) is 11.3 Å². The molecule has 1 saturated heterocycles. The summed E-state index contributed by atoms with van der Waals surface area (Å²) in [5, 5.41) is 7.66. The Hall–Kier alpha value is -2.81. The van der Waals surface area contributed by atoms with E-state index in [4.69, 9.17) is 9.37 Å². The molecule has 25 heavy (non-hydrogen) atoms. The Morgan fingerprint density at radius 2 is 1.92 bits per heavy atom. The van der Waals surface area contributed by atoms with Crippen LogP contribution in [-0.2, 0) is 11.3 Å². The van der Waals surface area contributed by atoms with Crippen molar-refractivity contribution >= 4 is 22.9 Å². The topological polar surface area (TPSA) is 93.3 Å². The third kappa shape index (κ3) is 3.10. The molecule has 9 heteroatoms. The van der Waals surface area contributed by atoms with E-state index in [1.54, 1.807) is 6.20 Å². The van der Waals surface area contributed by atoms with Crippen LogP contribution in [0.2, 0.25) is 0 Å². The SMILES string of the molecule is Cc1cnccc1CN(C)c1nc2nonc2nc1N1CCOCC1. The molecule has 0 atom stereocenters. The molecule has 3 aromatic heterocycles. The summed E-state index contributed by atoms with van der Waals surface area (Å²) in [5.41, 5.74) is 3.15. The fraction of sp³-hybridized carbons (Fsp3) is 0.438. The molecule has 0 aromatic carbocycles. The molecule has 4 heterocycles. The second-order valence-corrected chi connectivity index (χ2v) is 6.04. The van der Waals surface area contributed by atoms with Gasteiger partial charge in [0.05, 0.1) is 13.2 Å². The third-order valence-electron chi connectivity index (χ3n) is 4.29. The summed E-state index contributed by atoms with van der Waals surface area (Å²) in [6, 6.07) is 2.02. The lowest BCUT2D eigenvalue weighted by Gasteiger charge is -2.31. The van der Waals surface area contributed by atoms with E-state index >= 15 is 0 Å². The predicted molar refractivity (Wildman–Crippen MR) is 91.5 cm³/mol. The van der Waals surface area contributed by atoms with E-state index in [9.17, 15) is 0 Å². The van der Waals surface area contributed by atoms with Crippen LogP contribution in [0.5, 0.6) is 0 Å². The second kappa shape index (κ2) is 6.60. The highest BCUT2D eigenvalue weighted by atomic mass is 16.6. The molecule has 0 N–H and O–H groups in total. The van der Waals surface area contributed by atoms with Crippen molar-refractivity contribution in [3.05, 3.63) is 29.6 Å². The third-order valence-corrected chi connectivity index (χ3v) is 4.29. The first-order valence-electron chi connectivity index (χ1n) is 8.16. The predicted octanol–water partition coefficient (Wildman–Crippen LogP) is 1.19. The number of rotatable bonds is 4. The van der Waals surface area contributed by atoms with Gasteiger partial charge >= 0.3 is 0 Å². The number of nitrogens with zero attached hydrogens (tertiary/aromatic N) is 7. The maximum atomic E-state index is 5.45. The van der Waals surface area contributed by atoms with Gasteiger partial charge in [-0.25, -0.2) is 14.6 Å². The molecule has 0 spiro atoms. The maximum Gasteiger partial charge on any atom is 0.245 e. The first kappa shape index (κ1) is 15.7. The number of hydrogen-bond donors (Lipinski definition) is 0. The lowest BCUT2D eigenvalue weighted by molar-refractivity contribution is 0.122. The van der Waals surface area contributed by atoms with Crippen molar-refractivity contribution < 1.29 is 9.37 Å². The number of aryl methyl sites for hydroxylation is 1. The van der Waals surface area contributed by atoms with Crippen LogP contribution in [0.4, 0.5) is 11.6 Å². The summed E-state index contributed by atoms with van der Waals surface area (Å²) < 4.78 is 10.2. The highest BCUT2D eigenvalue weighted by Gasteiger charge is 2.23. The van der Waals surface area contributed by atoms with Gasteiger partial charge in [0.15, 0.2) is 11.6 Å². The summed E-state index contributed by atoms with van der Waals surface area (Å²) in [6.07, 6.45) is 3.66. The lowest BCUT2D eigenvalue weighted by atomic mass is 10.1. The molecule has 0 bridgehead atoms. The second-order valence-electron chi connectivity index (χ2n) is 6.04. The van der Waals surface area contributed by atoms with Crippen molar-refractivity contribution in [2.24, 2.45) is 0 Å². The van der Waals surface area contributed by atoms with Crippen LogP contribution in [0.1, 0.15) is 11.1 Å². The van der Waals surface area contributed by atoms with E-state index < -0.39 is 0 Å². The molecule has 130 valence electrons. The first-order valence-corrected chi connectivity index (χ1v) is 8.16. The van der Waals surface area contributed by atoms with E-state index in [1.165, 1.54) is 5.56 Å². The van der Waals surface area contributed by atoms with Crippen molar-refractivity contribution in [1.82, 2.24) is 25.3 Å². The molecule has 1 aliphatic heterocycles. The van der Waals surface area contributed by atoms with Gasteiger partial charge in [-0.3, -0.25) is 4.98 Å². The van der Waals surface area contributed by atoms with Gasteiger partial charge in [-0.05, 0) is 34.4 Å². The zero-order valence-electron chi connectivity index (χ0n) is 14.2. The molecule has 1 fully saturated rings. The van der Waals surface area contributed by atoms with Crippen molar-refractivity contribution in [2.75, 3.05) is 43.2 Å². The fourth-order valence-corrected chi connectivity index (χ4v) is 2.87. The Balaban J connectivity index is 1.72. The van der Waals surface area contributed by atoms with E-state index in [0.29, 0.717) is 31.1 Å². The molecule has 0 unspecified atom stereocenters. The normalized spacial score (nSPS) is 14.9. The Labute approximate surface area is 144 Å². The smallest absolute Gasteiger partial charge is 0.245 e. The summed E-state index contributed by atoms with van der Waals surface area (Å²) in [4.78, 5) is 17.6. The summed E-state index contributed by atoms with van der Waals surface area (Å²) in [5.74, 6) is 1.53. The number of pyridine rings is 1. The molecule has 3 aromatic rings. The number of morpholine rings is 1. The van der Waals surface area contributed by atoms with Gasteiger partial charge in [0.1, 0.15) is 0 Å². The van der Waals surface area contributed by atoms with Crippen molar-refractivity contribution in [1.29, 1.82) is 0 Å². The zero-order chi connectivity index (χ0) is 17.2. The average Bonchev–Trinajstić information content (AvgIpc) is 3.11. The van der Waals surface area contributed by atoms with E-state index in [2.05, 4.69) is 42.0 Å². The van der Waals surface area contributed by atoms with Crippen LogP contribution >= 0.6 is 0 Å². The van der Waals surface area contributed by atoms with E-state index in [-0.39, 0.29) is 0 Å². The van der Waals surface area contributed by atoms with Crippen LogP contribution in [0.3, 0.4) is 0 Å². The van der Waals surface area contributed by atoms with Gasteiger partial charge < -0.3 is 14.5 Å². The quantitative estimate of drug-likeness (QED) is 0.693. The molecule has 0 saturated carbocycles. The van der Waals surface area contributed by atoms with E-state index in [1.807, 2.05) is 19.3 Å². The van der Waals surface area contributed by atoms with Gasteiger partial charge in [-0.1, -0.05) is 0 Å². The number of fused-ring (bicyclic) bond motifs is 1. The van der Waals surface area contributed by atoms with Gasteiger partial charge in [0.2, 0.25) is 11.3 Å². The first-order chi connectivity index (χ1) is 12.2. The molecule has 0 amide bonds. The van der Waals surface area contributed by atoms with Gasteiger partial charge in [-0.2, -0.15) is 0 Å². The molecular weight excluding hydrogens is 322 g/mol. The zero-order valence-corrected chi connectivity index (χ0v) is 14.2. The van der Waals surface area contributed by atoms with Crippen molar-refractivity contribution in [2.45, 2.75) is 13.5 Å². The lowest BCUT2D eigenvalue weighted by Crippen LogP contribution is -2.38. The molecular formula is C16H19N7O2. The number of aromatic nitrogens is 5. The largest absolute Gasteiger partial charge is 0.378 e. The van der Waals surface area contributed by atoms with Gasteiger partial charge in [0.25, 0.3) is 0 Å². The molecule has 0 radical (unpaired) electrons. The Morgan fingerprint density at radius 3 is 2.68 bits per heavy atom. The van der Waals surface area contributed by atoms with Gasteiger partial charge in [0, 0.05) is 39.1 Å². The van der Waals surface area contributed by atoms with Crippen LogP contribution < -0.4 is 9.80 Å². The minimum absolute atomic E-state index is 0.408. The van der Waals surface area contributed by atoms with E-state index in [0.717, 1.165) is 30.3 Å². The molecule has 9 nitrogen and oxygen atoms in total. The highest BCUT2D eigenvalue weighted by Crippen LogP contribution is 2.28. The van der Waals surface area contributed by atoms with Crippen LogP contribution in [-0.4, -0.2) is 58.6 Å². The fourth-order valence-electron chi connectivity index (χ4n) is 2.87. The molecule has 1 aliphatic rings. The minimum Gasteiger partial charge on any atom is -0.378 e. The number of ether oxygens (including phenoxy) is 1. The standard InChI is InChI=1S/C16H19N7O2/c1-11-9-17-4-3-12(11)10-22(2)15-16(23-5-7-24-8-6-23)19-14-13(18-15)20-25-21-14/h3-4,9H,5-8,10H2,1-2H3. The molecule has 4 rings (SSSR count). The highest BCUT2D eigenvalue weighted by molar-refractivity contribution is 5.74. The summed E-state index contributed by atoms with van der Waals surface area (Å²) in [6.45, 7) is 5.61. The summed E-state index contributed by atoms with van der Waals surface area (Å²) >= 11 is 0. The molecule has 0 aliphatic carbocycles. The number of anilines is 2. The van der Waals surface area contributed by atoms with Gasteiger partial charge in [-0.15, -0.1) is 0 Å². The monoisotopic (exact) mass is 341 g/mol. The van der Waals surface area contributed by atoms with Crippen molar-refractivity contribution in [3.63, 3.8) is 0 Å². The average molecular weight is 341 g/mol. The Morgan fingerprint density at radius 1 is 1.16 bits per heavy atom.